The van der Waals surface area contributed by atoms with Gasteiger partial charge in [0.1, 0.15) is 5.60 Å². The standard InChI is InChI=1S/C9H19NO2S2/c1-9(2,3)12-8(11)10-7(5-13)6-14-4/h7,13H,5-6H2,1-4H3,(H,10,11). The van der Waals surface area contributed by atoms with Gasteiger partial charge in [-0.15, -0.1) is 0 Å². The lowest BCUT2D eigenvalue weighted by atomic mass is 10.2. The molecular formula is C9H19NO2S2. The Morgan fingerprint density at radius 1 is 1.57 bits per heavy atom. The molecule has 0 saturated heterocycles. The van der Waals surface area contributed by atoms with Crippen molar-refractivity contribution in [1.82, 2.24) is 5.32 Å². The van der Waals surface area contributed by atoms with Crippen LogP contribution in [0, 0.1) is 0 Å². The normalized spacial score (nSPS) is 13.5. The van der Waals surface area contributed by atoms with Crippen LogP contribution in [0.3, 0.4) is 0 Å². The van der Waals surface area contributed by atoms with E-state index in [0.29, 0.717) is 5.75 Å². The van der Waals surface area contributed by atoms with E-state index in [1.165, 1.54) is 0 Å². The van der Waals surface area contributed by atoms with E-state index in [1.807, 2.05) is 27.0 Å². The Morgan fingerprint density at radius 2 is 2.14 bits per heavy atom. The van der Waals surface area contributed by atoms with Crippen LogP contribution in [0.1, 0.15) is 20.8 Å². The average Bonchev–Trinajstić information content (AvgIpc) is 2.00. The SMILES string of the molecule is CSCC(CS)NC(=O)OC(C)(C)C. The van der Waals surface area contributed by atoms with Gasteiger partial charge in [0.25, 0.3) is 0 Å². The number of thiol groups is 1. The third kappa shape index (κ3) is 7.38. The summed E-state index contributed by atoms with van der Waals surface area (Å²) in [6.45, 7) is 5.53. The van der Waals surface area contributed by atoms with Crippen LogP contribution >= 0.6 is 24.4 Å². The van der Waals surface area contributed by atoms with Crippen LogP contribution in [-0.4, -0.2) is 35.5 Å². The van der Waals surface area contributed by atoms with Crippen LogP contribution in [-0.2, 0) is 4.74 Å². The molecule has 14 heavy (non-hydrogen) atoms. The third-order valence-corrected chi connectivity index (χ3v) is 2.49. The van der Waals surface area contributed by atoms with Crippen LogP contribution in [0.25, 0.3) is 0 Å². The Labute approximate surface area is 95.8 Å². The van der Waals surface area contributed by atoms with Crippen molar-refractivity contribution in [2.24, 2.45) is 0 Å². The molecule has 0 aromatic heterocycles. The van der Waals surface area contributed by atoms with Crippen molar-refractivity contribution >= 4 is 30.5 Å². The lowest BCUT2D eigenvalue weighted by Crippen LogP contribution is -2.41. The van der Waals surface area contributed by atoms with E-state index < -0.39 is 5.60 Å². The summed E-state index contributed by atoms with van der Waals surface area (Å²) in [6, 6.07) is 0.0724. The average molecular weight is 237 g/mol. The van der Waals surface area contributed by atoms with Crippen molar-refractivity contribution in [1.29, 1.82) is 0 Å². The number of alkyl carbamates (subject to hydrolysis) is 1. The molecule has 84 valence electrons. The molecule has 5 heteroatoms. The lowest BCUT2D eigenvalue weighted by Gasteiger charge is -2.22. The number of hydrogen-bond donors (Lipinski definition) is 2. The summed E-state index contributed by atoms with van der Waals surface area (Å²) in [5, 5.41) is 2.77. The van der Waals surface area contributed by atoms with Gasteiger partial charge in [0.15, 0.2) is 0 Å². The van der Waals surface area contributed by atoms with Gasteiger partial charge in [-0.3, -0.25) is 0 Å². The van der Waals surface area contributed by atoms with Gasteiger partial charge in [0, 0.05) is 17.5 Å². The molecule has 1 unspecified atom stereocenters. The number of carbonyl (C=O) groups is 1. The zero-order valence-electron chi connectivity index (χ0n) is 9.16. The highest BCUT2D eigenvalue weighted by Crippen LogP contribution is 2.07. The maximum absolute atomic E-state index is 11.3. The second-order valence-corrected chi connectivity index (χ2v) is 5.26. The summed E-state index contributed by atoms with van der Waals surface area (Å²) in [7, 11) is 0. The first-order valence-electron chi connectivity index (χ1n) is 4.48. The summed E-state index contributed by atoms with van der Waals surface area (Å²) in [4.78, 5) is 11.3. The second-order valence-electron chi connectivity index (χ2n) is 3.98. The van der Waals surface area contributed by atoms with Gasteiger partial charge in [0.2, 0.25) is 0 Å². The number of rotatable bonds is 4. The molecule has 3 nitrogen and oxygen atoms in total. The number of amides is 1. The molecule has 0 bridgehead atoms. The number of carbonyl (C=O) groups excluding carboxylic acids is 1. The molecule has 0 aliphatic heterocycles. The monoisotopic (exact) mass is 237 g/mol. The predicted molar refractivity (Wildman–Crippen MR) is 65.4 cm³/mol. The van der Waals surface area contributed by atoms with Crippen molar-refractivity contribution in [2.75, 3.05) is 17.8 Å². The molecule has 0 saturated carbocycles. The zero-order valence-corrected chi connectivity index (χ0v) is 10.9. The minimum atomic E-state index is -0.440. The van der Waals surface area contributed by atoms with E-state index >= 15 is 0 Å². The fourth-order valence-corrected chi connectivity index (χ4v) is 1.81. The van der Waals surface area contributed by atoms with E-state index in [-0.39, 0.29) is 12.1 Å². The maximum atomic E-state index is 11.3. The highest BCUT2D eigenvalue weighted by Gasteiger charge is 2.18. The highest BCUT2D eigenvalue weighted by atomic mass is 32.2. The predicted octanol–water partition coefficient (Wildman–Crippen LogP) is 2.17. The molecule has 0 aromatic carbocycles. The van der Waals surface area contributed by atoms with Crippen molar-refractivity contribution in [2.45, 2.75) is 32.4 Å². The van der Waals surface area contributed by atoms with E-state index in [2.05, 4.69) is 17.9 Å². The van der Waals surface area contributed by atoms with Crippen LogP contribution in [0.15, 0.2) is 0 Å². The van der Waals surface area contributed by atoms with Crippen molar-refractivity contribution < 1.29 is 9.53 Å². The summed E-state index contributed by atoms with van der Waals surface area (Å²) < 4.78 is 5.12. The fraction of sp³-hybridized carbons (Fsp3) is 0.889. The Balaban J connectivity index is 3.91. The van der Waals surface area contributed by atoms with Crippen molar-refractivity contribution in [3.63, 3.8) is 0 Å². The highest BCUT2D eigenvalue weighted by molar-refractivity contribution is 7.98. The fourth-order valence-electron chi connectivity index (χ4n) is 0.815. The Hall–Kier alpha value is -0.0300. The number of hydrogen-bond acceptors (Lipinski definition) is 4. The Morgan fingerprint density at radius 3 is 2.50 bits per heavy atom. The summed E-state index contributed by atoms with van der Waals surface area (Å²) in [6.07, 6.45) is 1.62. The summed E-state index contributed by atoms with van der Waals surface area (Å²) in [5.41, 5.74) is -0.440. The van der Waals surface area contributed by atoms with E-state index in [1.54, 1.807) is 11.8 Å². The van der Waals surface area contributed by atoms with Gasteiger partial charge in [-0.05, 0) is 27.0 Å². The molecule has 1 N–H and O–H groups in total. The molecule has 0 aromatic rings. The van der Waals surface area contributed by atoms with E-state index in [0.717, 1.165) is 5.75 Å². The van der Waals surface area contributed by atoms with Gasteiger partial charge in [-0.2, -0.15) is 24.4 Å². The van der Waals surface area contributed by atoms with Gasteiger partial charge < -0.3 is 10.1 Å². The topological polar surface area (TPSA) is 38.3 Å². The quantitative estimate of drug-likeness (QED) is 0.736. The van der Waals surface area contributed by atoms with Gasteiger partial charge in [0.05, 0.1) is 0 Å². The first-order valence-corrected chi connectivity index (χ1v) is 6.51. The molecule has 0 aliphatic rings. The van der Waals surface area contributed by atoms with Crippen LogP contribution in [0.2, 0.25) is 0 Å². The number of thioether (sulfide) groups is 1. The zero-order chi connectivity index (χ0) is 11.2. The van der Waals surface area contributed by atoms with Crippen molar-refractivity contribution in [3.05, 3.63) is 0 Å². The van der Waals surface area contributed by atoms with Crippen LogP contribution in [0.4, 0.5) is 4.79 Å². The van der Waals surface area contributed by atoms with Crippen molar-refractivity contribution in [3.8, 4) is 0 Å². The molecule has 1 amide bonds. The molecular weight excluding hydrogens is 218 g/mol. The molecule has 0 fully saturated rings. The van der Waals surface area contributed by atoms with Gasteiger partial charge in [-0.25, -0.2) is 4.79 Å². The molecule has 1 atom stereocenters. The number of ether oxygens (including phenoxy) is 1. The summed E-state index contributed by atoms with van der Waals surface area (Å²) >= 11 is 5.83. The first kappa shape index (κ1) is 14.0. The summed E-state index contributed by atoms with van der Waals surface area (Å²) in [5.74, 6) is 1.48. The van der Waals surface area contributed by atoms with E-state index in [4.69, 9.17) is 4.74 Å². The number of nitrogens with one attached hydrogen (secondary N) is 1. The van der Waals surface area contributed by atoms with Gasteiger partial charge >= 0.3 is 6.09 Å². The Kier molecular flexibility index (Phi) is 6.44. The molecule has 0 spiro atoms. The Bertz CT molecular complexity index is 180. The second kappa shape index (κ2) is 6.45. The van der Waals surface area contributed by atoms with E-state index in [9.17, 15) is 4.79 Å². The minimum Gasteiger partial charge on any atom is -0.444 e. The largest absolute Gasteiger partial charge is 0.444 e. The molecule has 0 radical (unpaired) electrons. The minimum absolute atomic E-state index is 0.0724. The molecule has 0 heterocycles. The van der Waals surface area contributed by atoms with Crippen LogP contribution < -0.4 is 5.32 Å². The molecule has 0 aliphatic carbocycles. The van der Waals surface area contributed by atoms with Gasteiger partial charge in [-0.1, -0.05) is 0 Å². The molecule has 0 rings (SSSR count). The first-order chi connectivity index (χ1) is 6.39. The van der Waals surface area contributed by atoms with Crippen LogP contribution in [0.5, 0.6) is 0 Å². The third-order valence-electron chi connectivity index (χ3n) is 1.31. The lowest BCUT2D eigenvalue weighted by molar-refractivity contribution is 0.0514. The smallest absolute Gasteiger partial charge is 0.407 e. The maximum Gasteiger partial charge on any atom is 0.407 e.